The molecule has 152 valence electrons. The molecule has 3 aliphatic carbocycles. The van der Waals surface area contributed by atoms with Crippen LogP contribution in [0.4, 0.5) is 0 Å². The molecule has 0 aromatic rings. The number of hydrogen-bond donors (Lipinski definition) is 0. The standard InChI is InChI=1S/C22H32O3.C2H6/c1-4-21(3)18(8-11-22(21)12-9-19(24)25-22)15-5-6-16-13-17(23)7-10-20(16,2)14-15;1-2/h13,15,18H,4-12,14H2,1-3H3;1-2H3/t15?,18?,20-,21+,22-;/m1./s1. The molecule has 1 spiro atoms. The Bertz CT molecular complexity index is 636. The van der Waals surface area contributed by atoms with Gasteiger partial charge in [-0.25, -0.2) is 0 Å². The molecular weight excluding hydrogens is 336 g/mol. The van der Waals surface area contributed by atoms with E-state index in [-0.39, 0.29) is 22.4 Å². The number of ketones is 1. The molecule has 1 saturated heterocycles. The van der Waals surface area contributed by atoms with Crippen LogP contribution in [0.2, 0.25) is 0 Å². The molecule has 5 atom stereocenters. The van der Waals surface area contributed by atoms with Gasteiger partial charge in [-0.15, -0.1) is 0 Å². The average molecular weight is 375 g/mol. The summed E-state index contributed by atoms with van der Waals surface area (Å²) in [6.07, 6.45) is 12.0. The van der Waals surface area contributed by atoms with E-state index in [0.29, 0.717) is 30.5 Å². The Morgan fingerprint density at radius 1 is 1.04 bits per heavy atom. The molecule has 0 N–H and O–H groups in total. The van der Waals surface area contributed by atoms with E-state index in [1.807, 2.05) is 19.9 Å². The van der Waals surface area contributed by atoms with Crippen LogP contribution >= 0.6 is 0 Å². The first-order valence-electron chi connectivity index (χ1n) is 11.3. The lowest BCUT2D eigenvalue weighted by Crippen LogP contribution is -2.47. The van der Waals surface area contributed by atoms with Crippen LogP contribution < -0.4 is 0 Å². The topological polar surface area (TPSA) is 43.4 Å². The van der Waals surface area contributed by atoms with Gasteiger partial charge in [0.05, 0.1) is 0 Å². The first kappa shape index (κ1) is 20.6. The molecule has 0 amide bonds. The molecule has 1 heterocycles. The zero-order valence-electron chi connectivity index (χ0n) is 18.0. The highest BCUT2D eigenvalue weighted by atomic mass is 16.6. The van der Waals surface area contributed by atoms with Crippen LogP contribution in [0.5, 0.6) is 0 Å². The lowest BCUT2D eigenvalue weighted by molar-refractivity contribution is -0.160. The number of ether oxygens (including phenoxy) is 1. The van der Waals surface area contributed by atoms with Crippen LogP contribution in [-0.4, -0.2) is 17.4 Å². The number of rotatable bonds is 2. The third-order valence-electron chi connectivity index (χ3n) is 8.59. The summed E-state index contributed by atoms with van der Waals surface area (Å²) >= 11 is 0. The second-order valence-corrected chi connectivity index (χ2v) is 9.58. The molecule has 1 aliphatic heterocycles. The van der Waals surface area contributed by atoms with E-state index in [0.717, 1.165) is 32.1 Å². The molecule has 0 radical (unpaired) electrons. The Morgan fingerprint density at radius 3 is 2.41 bits per heavy atom. The number of hydrogen-bond acceptors (Lipinski definition) is 3. The van der Waals surface area contributed by atoms with Crippen molar-refractivity contribution in [2.45, 2.75) is 104 Å². The maximum atomic E-state index is 11.9. The van der Waals surface area contributed by atoms with Gasteiger partial charge in [0, 0.05) is 18.3 Å². The fourth-order valence-corrected chi connectivity index (χ4v) is 6.85. The third-order valence-corrected chi connectivity index (χ3v) is 8.59. The molecule has 2 unspecified atom stereocenters. The fraction of sp³-hybridized carbons (Fsp3) is 0.833. The first-order valence-corrected chi connectivity index (χ1v) is 11.3. The van der Waals surface area contributed by atoms with E-state index in [2.05, 4.69) is 20.8 Å². The number of carbonyl (C=O) groups excluding carboxylic acids is 2. The van der Waals surface area contributed by atoms with E-state index in [4.69, 9.17) is 4.74 Å². The Morgan fingerprint density at radius 2 is 1.78 bits per heavy atom. The van der Waals surface area contributed by atoms with Gasteiger partial charge in [0.1, 0.15) is 5.60 Å². The summed E-state index contributed by atoms with van der Waals surface area (Å²) in [5.74, 6) is 1.66. The van der Waals surface area contributed by atoms with Crippen LogP contribution in [-0.2, 0) is 14.3 Å². The Kier molecular flexibility index (Phi) is 5.62. The second kappa shape index (κ2) is 7.37. The molecule has 0 bridgehead atoms. The van der Waals surface area contributed by atoms with Crippen LogP contribution in [0.25, 0.3) is 0 Å². The molecule has 4 rings (SSSR count). The molecule has 27 heavy (non-hydrogen) atoms. The van der Waals surface area contributed by atoms with Gasteiger partial charge in [-0.3, -0.25) is 9.59 Å². The van der Waals surface area contributed by atoms with Gasteiger partial charge in [-0.2, -0.15) is 0 Å². The van der Waals surface area contributed by atoms with E-state index >= 15 is 0 Å². The number of carbonyl (C=O) groups is 2. The van der Waals surface area contributed by atoms with Gasteiger partial charge < -0.3 is 4.74 Å². The summed E-state index contributed by atoms with van der Waals surface area (Å²) in [6.45, 7) is 11.0. The molecule has 3 heteroatoms. The molecule has 2 saturated carbocycles. The van der Waals surface area contributed by atoms with Crippen molar-refractivity contribution >= 4 is 11.8 Å². The number of allylic oxidation sites excluding steroid dienone is 2. The van der Waals surface area contributed by atoms with Crippen LogP contribution in [0.3, 0.4) is 0 Å². The van der Waals surface area contributed by atoms with Crippen molar-refractivity contribution in [1.82, 2.24) is 0 Å². The van der Waals surface area contributed by atoms with E-state index in [9.17, 15) is 9.59 Å². The van der Waals surface area contributed by atoms with Crippen molar-refractivity contribution < 1.29 is 14.3 Å². The zero-order valence-corrected chi connectivity index (χ0v) is 18.0. The normalized spacial score (nSPS) is 43.7. The summed E-state index contributed by atoms with van der Waals surface area (Å²) in [5.41, 5.74) is 1.51. The van der Waals surface area contributed by atoms with Crippen molar-refractivity contribution in [2.24, 2.45) is 22.7 Å². The monoisotopic (exact) mass is 374 g/mol. The van der Waals surface area contributed by atoms with Crippen LogP contribution in [0.15, 0.2) is 11.6 Å². The van der Waals surface area contributed by atoms with Gasteiger partial charge in [0.25, 0.3) is 0 Å². The molecule has 3 nitrogen and oxygen atoms in total. The largest absolute Gasteiger partial charge is 0.458 e. The highest BCUT2D eigenvalue weighted by Crippen LogP contribution is 2.63. The predicted molar refractivity (Wildman–Crippen MR) is 108 cm³/mol. The number of fused-ring (bicyclic) bond motifs is 1. The summed E-state index contributed by atoms with van der Waals surface area (Å²) in [6, 6.07) is 0. The average Bonchev–Trinajstić information content (AvgIpc) is 3.18. The maximum absolute atomic E-state index is 11.9. The zero-order chi connectivity index (χ0) is 19.9. The minimum Gasteiger partial charge on any atom is -0.458 e. The van der Waals surface area contributed by atoms with Crippen molar-refractivity contribution in [2.75, 3.05) is 0 Å². The van der Waals surface area contributed by atoms with Gasteiger partial charge >= 0.3 is 5.97 Å². The second-order valence-electron chi connectivity index (χ2n) is 9.58. The van der Waals surface area contributed by atoms with Crippen LogP contribution in [0.1, 0.15) is 98.8 Å². The van der Waals surface area contributed by atoms with E-state index in [1.165, 1.54) is 24.8 Å². The Hall–Kier alpha value is -1.12. The lowest BCUT2D eigenvalue weighted by atomic mass is 9.56. The molecule has 0 aromatic carbocycles. The third kappa shape index (κ3) is 3.19. The predicted octanol–water partition coefficient (Wildman–Crippen LogP) is 6.01. The minimum atomic E-state index is -0.205. The van der Waals surface area contributed by atoms with Gasteiger partial charge in [0.15, 0.2) is 5.78 Å². The van der Waals surface area contributed by atoms with E-state index < -0.39 is 0 Å². The molecule has 4 aliphatic rings. The highest BCUT2D eigenvalue weighted by molar-refractivity contribution is 5.91. The van der Waals surface area contributed by atoms with Crippen molar-refractivity contribution in [3.63, 3.8) is 0 Å². The summed E-state index contributed by atoms with van der Waals surface area (Å²) in [4.78, 5) is 23.7. The smallest absolute Gasteiger partial charge is 0.306 e. The van der Waals surface area contributed by atoms with Gasteiger partial charge in [0.2, 0.25) is 0 Å². The van der Waals surface area contributed by atoms with Crippen molar-refractivity contribution in [3.8, 4) is 0 Å². The number of esters is 1. The summed E-state index contributed by atoms with van der Waals surface area (Å²) in [7, 11) is 0. The van der Waals surface area contributed by atoms with Crippen molar-refractivity contribution in [3.05, 3.63) is 11.6 Å². The Balaban J connectivity index is 0.00000102. The van der Waals surface area contributed by atoms with E-state index in [1.54, 1.807) is 0 Å². The first-order chi connectivity index (χ1) is 12.8. The SMILES string of the molecule is CC.CC[C@@]1(C)C(C2CCC3=CC(=O)CC[C@]3(C)C2)CC[C@@]12CCC(=O)O2. The summed E-state index contributed by atoms with van der Waals surface area (Å²) in [5, 5.41) is 0. The molecule has 0 aromatic heterocycles. The fourth-order valence-electron chi connectivity index (χ4n) is 6.85. The van der Waals surface area contributed by atoms with Gasteiger partial charge in [-0.1, -0.05) is 40.2 Å². The van der Waals surface area contributed by atoms with Crippen LogP contribution in [0, 0.1) is 22.7 Å². The minimum absolute atomic E-state index is 0.00643. The quantitative estimate of drug-likeness (QED) is 0.556. The molecule has 3 fully saturated rings. The summed E-state index contributed by atoms with van der Waals surface area (Å²) < 4.78 is 5.99. The maximum Gasteiger partial charge on any atom is 0.306 e. The Labute approximate surface area is 165 Å². The molecular formula is C24H38O3. The van der Waals surface area contributed by atoms with Gasteiger partial charge in [-0.05, 0) is 74.7 Å². The van der Waals surface area contributed by atoms with Crippen molar-refractivity contribution in [1.29, 1.82) is 0 Å². The lowest BCUT2D eigenvalue weighted by Gasteiger charge is -2.50. The highest BCUT2D eigenvalue weighted by Gasteiger charge is 2.62.